The molecule has 4 heavy (non-hydrogen) atoms. The molecule has 0 N–H and O–H groups in total. The molecule has 0 spiro atoms. The predicted octanol–water partition coefficient (Wildman–Crippen LogP) is -1.46. The van der Waals surface area contributed by atoms with Gasteiger partial charge in [-0.05, 0) is 0 Å². The van der Waals surface area contributed by atoms with Crippen molar-refractivity contribution in [1.29, 1.82) is 0 Å². The van der Waals surface area contributed by atoms with Gasteiger partial charge in [-0.1, -0.05) is 0 Å². The number of rotatable bonds is 0. The van der Waals surface area contributed by atoms with E-state index in [1.165, 1.54) is 0 Å². The second-order valence-electron chi connectivity index (χ2n) is 0. The van der Waals surface area contributed by atoms with Crippen LogP contribution in [0.1, 0.15) is 0 Å². The molecule has 0 bridgehead atoms. The summed E-state index contributed by atoms with van der Waals surface area (Å²) in [6, 6.07) is 0. The van der Waals surface area contributed by atoms with Crippen LogP contribution in [0.15, 0.2) is 0 Å². The Morgan fingerprint density at radius 3 is 1.00 bits per heavy atom. The van der Waals surface area contributed by atoms with Crippen LogP contribution >= 0.6 is 0 Å². The zero-order chi connectivity index (χ0) is 0. The Morgan fingerprint density at radius 1 is 1.00 bits per heavy atom. The molecule has 0 nitrogen and oxygen atoms in total. The summed E-state index contributed by atoms with van der Waals surface area (Å²) in [5, 5.41) is 0. The fourth-order valence-corrected chi connectivity index (χ4v) is 0. The van der Waals surface area contributed by atoms with Gasteiger partial charge in [0, 0.05) is 59.3 Å². The molecule has 0 atom stereocenters. The van der Waals surface area contributed by atoms with E-state index < -0.39 is 0 Å². The van der Waals surface area contributed by atoms with Crippen molar-refractivity contribution in [2.45, 2.75) is 0 Å². The van der Waals surface area contributed by atoms with Crippen LogP contribution in [0.25, 0.3) is 0 Å². The van der Waals surface area contributed by atoms with Gasteiger partial charge < -0.3 is 0 Å². The molecule has 0 saturated heterocycles. The van der Waals surface area contributed by atoms with Gasteiger partial charge in [-0.3, -0.25) is 0 Å². The molecule has 0 saturated carbocycles. The van der Waals surface area contributed by atoms with Crippen molar-refractivity contribution in [3.63, 3.8) is 0 Å². The Bertz CT molecular complexity index is 8.00. The van der Waals surface area contributed by atoms with E-state index in [4.69, 9.17) is 0 Å². The predicted molar refractivity (Wildman–Crippen MR) is 11.3 cm³/mol. The Kier molecular flexibility index (Phi) is 129. The van der Waals surface area contributed by atoms with E-state index in [0.717, 1.165) is 0 Å². The zero-order valence-electron chi connectivity index (χ0n) is 0.934. The van der Waals surface area contributed by atoms with Crippen molar-refractivity contribution in [1.82, 2.24) is 0 Å². The monoisotopic (exact) mass is 485 g/mol. The molecule has 0 unspecified atom stereocenters. The maximum atomic E-state index is 0. The second-order valence-corrected chi connectivity index (χ2v) is 0. The average molecular weight is 485 g/mol. The molecule has 0 aromatic rings. The summed E-state index contributed by atoms with van der Waals surface area (Å²) >= 11 is 0. The van der Waals surface area contributed by atoms with Crippen LogP contribution < -0.4 is 0 Å². The number of hydrogen-bond donors (Lipinski definition) is 0. The van der Waals surface area contributed by atoms with E-state index in [-0.39, 0.29) is 83.2 Å². The molecule has 4 heteroatoms. The summed E-state index contributed by atoms with van der Waals surface area (Å²) in [5.41, 5.74) is 0. The van der Waals surface area contributed by atoms with Crippen LogP contribution in [0.3, 0.4) is 0 Å². The van der Waals surface area contributed by atoms with Gasteiger partial charge in [-0.15, -0.1) is 0 Å². The van der Waals surface area contributed by atoms with Gasteiger partial charge >= 0.3 is 23.9 Å². The van der Waals surface area contributed by atoms with Crippen LogP contribution in [-0.4, -0.2) is 23.9 Å². The van der Waals surface area contributed by atoms with Crippen molar-refractivity contribution in [3.8, 4) is 0 Å². The van der Waals surface area contributed by atoms with E-state index in [1.807, 2.05) is 0 Å². The van der Waals surface area contributed by atoms with Crippen molar-refractivity contribution in [2.75, 3.05) is 0 Å². The second kappa shape index (κ2) is 17.3. The third-order valence-corrected chi connectivity index (χ3v) is 0. The molecule has 0 fully saturated rings. The SMILES string of the molecule is [Au].[Ni].[Pd].[SnH4]. The van der Waals surface area contributed by atoms with E-state index in [0.29, 0.717) is 0 Å². The van der Waals surface area contributed by atoms with Gasteiger partial charge in [0.2, 0.25) is 0 Å². The fourth-order valence-electron chi connectivity index (χ4n) is 0. The molecule has 39 valence electrons. The van der Waals surface area contributed by atoms with Gasteiger partial charge in [0.25, 0.3) is 0 Å². The minimum absolute atomic E-state index is 0. The van der Waals surface area contributed by atoms with E-state index in [2.05, 4.69) is 0 Å². The van der Waals surface area contributed by atoms with Crippen LogP contribution in [0.2, 0.25) is 0 Å². The summed E-state index contributed by atoms with van der Waals surface area (Å²) in [6.07, 6.45) is 0. The molecule has 0 rings (SSSR count). The summed E-state index contributed by atoms with van der Waals surface area (Å²) in [5.74, 6) is 0. The average Bonchev–Trinajstić information content (AvgIpc) is 0. The topological polar surface area (TPSA) is 0 Å². The normalized spacial score (nSPS) is 0. The van der Waals surface area contributed by atoms with Gasteiger partial charge in [-0.2, -0.15) is 0 Å². The molecular weight excluding hydrogens is 481 g/mol. The van der Waals surface area contributed by atoms with Crippen molar-refractivity contribution < 1.29 is 59.3 Å². The van der Waals surface area contributed by atoms with Gasteiger partial charge in [0.1, 0.15) is 0 Å². The van der Waals surface area contributed by atoms with Crippen LogP contribution in [0, 0.1) is 0 Å². The summed E-state index contributed by atoms with van der Waals surface area (Å²) < 4.78 is 0. The molecule has 0 aliphatic rings. The third-order valence-electron chi connectivity index (χ3n) is 0. The molecule has 0 aromatic carbocycles. The van der Waals surface area contributed by atoms with Crippen LogP contribution in [0.5, 0.6) is 0 Å². The van der Waals surface area contributed by atoms with E-state index in [9.17, 15) is 0 Å². The summed E-state index contributed by atoms with van der Waals surface area (Å²) in [7, 11) is 0. The summed E-state index contributed by atoms with van der Waals surface area (Å²) in [6.45, 7) is 0. The first-order chi connectivity index (χ1) is 0. The first-order valence-electron chi connectivity index (χ1n) is 0. The quantitative estimate of drug-likeness (QED) is 0.369. The van der Waals surface area contributed by atoms with Crippen molar-refractivity contribution in [3.05, 3.63) is 0 Å². The number of hydrogen-bond acceptors (Lipinski definition) is 0. The van der Waals surface area contributed by atoms with Gasteiger partial charge in [0.05, 0.1) is 0 Å². The molecule has 0 heterocycles. The van der Waals surface area contributed by atoms with Crippen molar-refractivity contribution >= 4 is 23.9 Å². The fraction of sp³-hybridized carbons (Fsp3) is 0. The first-order valence-corrected chi connectivity index (χ1v) is 0. The van der Waals surface area contributed by atoms with Crippen LogP contribution in [0.4, 0.5) is 0 Å². The zero-order valence-corrected chi connectivity index (χ0v) is 5.64. The van der Waals surface area contributed by atoms with Gasteiger partial charge in [-0.25, -0.2) is 0 Å². The molecule has 0 aliphatic carbocycles. The van der Waals surface area contributed by atoms with Crippen LogP contribution in [-0.2, 0) is 59.3 Å². The molecule has 0 aliphatic heterocycles. The van der Waals surface area contributed by atoms with E-state index >= 15 is 0 Å². The first kappa shape index (κ1) is 29.9. The molecule has 1 radical (unpaired) electrons. The minimum atomic E-state index is 0. The Morgan fingerprint density at radius 2 is 1.00 bits per heavy atom. The summed E-state index contributed by atoms with van der Waals surface area (Å²) in [4.78, 5) is 0. The maximum absolute atomic E-state index is 0. The van der Waals surface area contributed by atoms with E-state index in [1.54, 1.807) is 0 Å². The Balaban J connectivity index is 0. The third kappa shape index (κ3) is 8.83. The molecule has 0 amide bonds. The Labute approximate surface area is 81.9 Å². The molecule has 0 aromatic heterocycles. The molecular formula is H4AuNiPdSn. The van der Waals surface area contributed by atoms with Gasteiger partial charge in [0.15, 0.2) is 0 Å². The Hall–Kier alpha value is 2.69. The standard InChI is InChI=1S/Au.Ni.Pd.Sn.4H. The van der Waals surface area contributed by atoms with Crippen molar-refractivity contribution in [2.24, 2.45) is 0 Å².